The van der Waals surface area contributed by atoms with Gasteiger partial charge in [0.05, 0.1) is 18.4 Å². The molecule has 12 heteroatoms. The van der Waals surface area contributed by atoms with Gasteiger partial charge in [0, 0.05) is 14.1 Å². The first-order chi connectivity index (χ1) is 11.8. The molecule has 1 unspecified atom stereocenters. The van der Waals surface area contributed by atoms with Gasteiger partial charge in [0.2, 0.25) is 11.6 Å². The van der Waals surface area contributed by atoms with Crippen LogP contribution in [0.4, 0.5) is 18.9 Å². The van der Waals surface area contributed by atoms with Gasteiger partial charge in [0.25, 0.3) is 0 Å². The fourth-order valence-electron chi connectivity index (χ4n) is 2.36. The van der Waals surface area contributed by atoms with E-state index in [1.54, 1.807) is 0 Å². The van der Waals surface area contributed by atoms with E-state index in [1.165, 1.54) is 25.9 Å². The third kappa shape index (κ3) is 3.41. The fraction of sp³-hybridized carbons (Fsp3) is 0.429. The summed E-state index contributed by atoms with van der Waals surface area (Å²) in [4.78, 5) is 17.7. The summed E-state index contributed by atoms with van der Waals surface area (Å²) < 4.78 is 71.0. The standard InChI is InChI=1S/C14H17F3N4O4S/c1-13(11(22)25-4)18-12(20(2)3)19-26(23,24)21(13)10-7-5-9(6-8-10)14(15,16)17/h5-8H,1-4H3,(H,18,19). The largest absolute Gasteiger partial charge is 0.466 e. The van der Waals surface area contributed by atoms with Crippen LogP contribution in [0.15, 0.2) is 29.3 Å². The Labute approximate surface area is 148 Å². The van der Waals surface area contributed by atoms with Gasteiger partial charge in [-0.3, -0.25) is 0 Å². The first-order valence-electron chi connectivity index (χ1n) is 7.19. The third-order valence-electron chi connectivity index (χ3n) is 3.60. The molecule has 1 heterocycles. The normalized spacial score (nSPS) is 22.3. The molecule has 0 radical (unpaired) electrons. The molecule has 1 atom stereocenters. The second kappa shape index (κ2) is 6.34. The van der Waals surface area contributed by atoms with Crippen LogP contribution in [0.3, 0.4) is 0 Å². The highest BCUT2D eigenvalue weighted by atomic mass is 32.2. The van der Waals surface area contributed by atoms with Crippen molar-refractivity contribution in [1.29, 1.82) is 0 Å². The maximum absolute atomic E-state index is 12.7. The first kappa shape index (κ1) is 19.8. The van der Waals surface area contributed by atoms with Crippen LogP contribution in [0.1, 0.15) is 12.5 Å². The van der Waals surface area contributed by atoms with Crippen molar-refractivity contribution >= 4 is 27.8 Å². The SMILES string of the molecule is COC(=O)C1(C)N=C(N(C)C)NS(=O)(=O)N1c1ccc(C(F)(F)F)cc1. The monoisotopic (exact) mass is 394 g/mol. The summed E-state index contributed by atoms with van der Waals surface area (Å²) >= 11 is 0. The molecule has 0 bridgehead atoms. The number of rotatable bonds is 2. The molecule has 8 nitrogen and oxygen atoms in total. The van der Waals surface area contributed by atoms with E-state index < -0.39 is 33.6 Å². The number of benzene rings is 1. The molecule has 0 spiro atoms. The van der Waals surface area contributed by atoms with Crippen molar-refractivity contribution in [2.24, 2.45) is 4.99 Å². The molecule has 26 heavy (non-hydrogen) atoms. The maximum Gasteiger partial charge on any atom is 0.416 e. The van der Waals surface area contributed by atoms with Gasteiger partial charge in [0.1, 0.15) is 0 Å². The van der Waals surface area contributed by atoms with Crippen molar-refractivity contribution < 1.29 is 31.1 Å². The number of methoxy groups -OCH3 is 1. The molecule has 0 aromatic heterocycles. The summed E-state index contributed by atoms with van der Waals surface area (Å²) in [5.74, 6) is -1.12. The third-order valence-corrected chi connectivity index (χ3v) is 5.09. The van der Waals surface area contributed by atoms with E-state index in [0.29, 0.717) is 16.4 Å². The zero-order chi connectivity index (χ0) is 19.9. The topological polar surface area (TPSA) is 91.3 Å². The van der Waals surface area contributed by atoms with Gasteiger partial charge in [-0.2, -0.15) is 21.6 Å². The van der Waals surface area contributed by atoms with E-state index >= 15 is 0 Å². The summed E-state index contributed by atoms with van der Waals surface area (Å²) in [5.41, 5.74) is -3.18. The fourth-order valence-corrected chi connectivity index (χ4v) is 3.89. The average molecular weight is 394 g/mol. The number of carbonyl (C=O) groups excluding carboxylic acids is 1. The number of aliphatic imine (C=N–C) groups is 1. The van der Waals surface area contributed by atoms with E-state index in [0.717, 1.165) is 19.2 Å². The number of halogens is 3. The summed E-state index contributed by atoms with van der Waals surface area (Å²) in [5, 5.41) is 0. The van der Waals surface area contributed by atoms with Gasteiger partial charge in [-0.05, 0) is 31.2 Å². The van der Waals surface area contributed by atoms with Crippen molar-refractivity contribution in [3.05, 3.63) is 29.8 Å². The number of hydrogen-bond donors (Lipinski definition) is 1. The zero-order valence-corrected chi connectivity index (χ0v) is 15.1. The number of alkyl halides is 3. The van der Waals surface area contributed by atoms with Gasteiger partial charge in [0.15, 0.2) is 0 Å². The van der Waals surface area contributed by atoms with Gasteiger partial charge in [-0.1, -0.05) is 0 Å². The molecular weight excluding hydrogens is 377 g/mol. The molecule has 144 valence electrons. The van der Waals surface area contributed by atoms with Crippen LogP contribution in [0, 0.1) is 0 Å². The number of guanidine groups is 1. The molecule has 0 aliphatic carbocycles. The average Bonchev–Trinajstić information content (AvgIpc) is 2.52. The minimum absolute atomic E-state index is 0.124. The number of anilines is 1. The highest BCUT2D eigenvalue weighted by Gasteiger charge is 2.51. The number of nitrogens with zero attached hydrogens (tertiary/aromatic N) is 3. The van der Waals surface area contributed by atoms with Gasteiger partial charge >= 0.3 is 22.4 Å². The zero-order valence-electron chi connectivity index (χ0n) is 14.3. The molecule has 0 saturated heterocycles. The molecule has 1 aliphatic rings. The van der Waals surface area contributed by atoms with Crippen molar-refractivity contribution in [3.63, 3.8) is 0 Å². The quantitative estimate of drug-likeness (QED) is 0.761. The Morgan fingerprint density at radius 3 is 2.23 bits per heavy atom. The van der Waals surface area contributed by atoms with Crippen LogP contribution < -0.4 is 9.03 Å². The van der Waals surface area contributed by atoms with E-state index in [2.05, 4.69) is 14.5 Å². The van der Waals surface area contributed by atoms with Crippen molar-refractivity contribution in [1.82, 2.24) is 9.62 Å². The lowest BCUT2D eigenvalue weighted by atomic mass is 10.1. The Hall–Kier alpha value is -2.50. The molecule has 0 amide bonds. The summed E-state index contributed by atoms with van der Waals surface area (Å²) in [6, 6.07) is 3.32. The van der Waals surface area contributed by atoms with Gasteiger partial charge in [-0.25, -0.2) is 18.8 Å². The van der Waals surface area contributed by atoms with Crippen molar-refractivity contribution in [2.75, 3.05) is 25.5 Å². The smallest absolute Gasteiger partial charge is 0.416 e. The highest BCUT2D eigenvalue weighted by Crippen LogP contribution is 2.35. The van der Waals surface area contributed by atoms with Gasteiger partial charge < -0.3 is 9.64 Å². The van der Waals surface area contributed by atoms with Crippen LogP contribution in [0.2, 0.25) is 0 Å². The maximum atomic E-state index is 12.7. The number of ether oxygens (including phenoxy) is 1. The lowest BCUT2D eigenvalue weighted by Crippen LogP contribution is -2.64. The van der Waals surface area contributed by atoms with E-state index in [9.17, 15) is 26.4 Å². The summed E-state index contributed by atoms with van der Waals surface area (Å²) in [6.45, 7) is 1.19. The van der Waals surface area contributed by atoms with Crippen LogP contribution >= 0.6 is 0 Å². The Morgan fingerprint density at radius 1 is 1.27 bits per heavy atom. The van der Waals surface area contributed by atoms with E-state index in [-0.39, 0.29) is 11.6 Å². The van der Waals surface area contributed by atoms with E-state index in [4.69, 9.17) is 0 Å². The predicted molar refractivity (Wildman–Crippen MR) is 87.5 cm³/mol. The van der Waals surface area contributed by atoms with Crippen molar-refractivity contribution in [2.45, 2.75) is 18.8 Å². The lowest BCUT2D eigenvalue weighted by Gasteiger charge is -2.41. The molecule has 1 N–H and O–H groups in total. The van der Waals surface area contributed by atoms with Crippen LogP contribution in [0.25, 0.3) is 0 Å². The molecule has 2 rings (SSSR count). The molecular formula is C14H17F3N4O4S. The second-order valence-electron chi connectivity index (χ2n) is 5.76. The van der Waals surface area contributed by atoms with Crippen LogP contribution in [-0.2, 0) is 25.9 Å². The number of carbonyl (C=O) groups is 1. The number of hydrogen-bond acceptors (Lipinski definition) is 6. The second-order valence-corrected chi connectivity index (χ2v) is 7.28. The first-order valence-corrected chi connectivity index (χ1v) is 8.63. The molecule has 0 saturated carbocycles. The van der Waals surface area contributed by atoms with Crippen LogP contribution in [0.5, 0.6) is 0 Å². The number of nitrogens with one attached hydrogen (secondary N) is 1. The molecule has 0 fully saturated rings. The minimum atomic E-state index is -4.58. The molecule has 1 aromatic rings. The number of esters is 1. The lowest BCUT2D eigenvalue weighted by molar-refractivity contribution is -0.145. The Kier molecular flexibility index (Phi) is 4.83. The van der Waals surface area contributed by atoms with Gasteiger partial charge in [-0.15, -0.1) is 0 Å². The van der Waals surface area contributed by atoms with E-state index in [1.807, 2.05) is 0 Å². The van der Waals surface area contributed by atoms with Crippen LogP contribution in [-0.4, -0.2) is 52.1 Å². The molecule has 1 aliphatic heterocycles. The van der Waals surface area contributed by atoms with Crippen molar-refractivity contribution in [3.8, 4) is 0 Å². The Bertz CT molecular complexity index is 837. The Balaban J connectivity index is 2.65. The summed E-state index contributed by atoms with van der Waals surface area (Å²) in [7, 11) is -0.286. The summed E-state index contributed by atoms with van der Waals surface area (Å²) in [6.07, 6.45) is -4.58. The molecule has 1 aromatic carbocycles. The Morgan fingerprint density at radius 2 is 1.81 bits per heavy atom. The predicted octanol–water partition coefficient (Wildman–Crippen LogP) is 1.17. The minimum Gasteiger partial charge on any atom is -0.466 e. The highest BCUT2D eigenvalue weighted by molar-refractivity contribution is 7.91.